The second-order valence-electron chi connectivity index (χ2n) is 7.66. The molecule has 30 heavy (non-hydrogen) atoms. The Labute approximate surface area is 181 Å². The van der Waals surface area contributed by atoms with Crippen LogP contribution in [0.5, 0.6) is 5.75 Å². The van der Waals surface area contributed by atoms with Gasteiger partial charge in [0.25, 0.3) is 11.8 Å². The fourth-order valence-corrected chi connectivity index (χ4v) is 4.83. The monoisotopic (exact) mass is 426 g/mol. The molecule has 2 amide bonds. The maximum Gasteiger partial charge on any atom is 0.265 e. The van der Waals surface area contributed by atoms with E-state index in [0.717, 1.165) is 30.1 Å². The van der Waals surface area contributed by atoms with Gasteiger partial charge in [-0.15, -0.1) is 11.8 Å². The van der Waals surface area contributed by atoms with Crippen LogP contribution in [0.2, 0.25) is 0 Å². The zero-order chi connectivity index (χ0) is 21.1. The summed E-state index contributed by atoms with van der Waals surface area (Å²) in [4.78, 5) is 30.3. The third kappa shape index (κ3) is 4.32. The molecule has 2 heterocycles. The normalized spacial score (nSPS) is 20.4. The summed E-state index contributed by atoms with van der Waals surface area (Å²) >= 11 is 1.65. The number of benzene rings is 2. The Hall–Kier alpha value is -2.51. The van der Waals surface area contributed by atoms with Crippen LogP contribution in [-0.4, -0.2) is 61.9 Å². The van der Waals surface area contributed by atoms with E-state index in [-0.39, 0.29) is 24.5 Å². The fraction of sp³-hybridized carbons (Fsp3) is 0.391. The van der Waals surface area contributed by atoms with Crippen molar-refractivity contribution in [2.45, 2.75) is 29.9 Å². The van der Waals surface area contributed by atoms with Crippen molar-refractivity contribution < 1.29 is 19.1 Å². The van der Waals surface area contributed by atoms with E-state index < -0.39 is 6.10 Å². The number of para-hydroxylation sites is 2. The molecule has 0 aromatic heterocycles. The van der Waals surface area contributed by atoms with Crippen LogP contribution in [0.25, 0.3) is 0 Å². The number of carbonyl (C=O) groups is 2. The largest absolute Gasteiger partial charge is 0.476 e. The molecule has 158 valence electrons. The molecule has 2 aromatic carbocycles. The summed E-state index contributed by atoms with van der Waals surface area (Å²) < 4.78 is 11.6. The third-order valence-corrected chi connectivity index (χ3v) is 6.51. The molecule has 2 aromatic rings. The van der Waals surface area contributed by atoms with Gasteiger partial charge in [-0.3, -0.25) is 9.59 Å². The maximum atomic E-state index is 13.6. The molecule has 0 radical (unpaired) electrons. The number of ether oxygens (including phenoxy) is 2. The SMILES string of the molecule is CN(C)C(=O)[C@@H]1CN(C(=O)c2ccccc2SC[C@@H]2CCCO2)c2ccccc2O1. The Morgan fingerprint density at radius 2 is 1.90 bits per heavy atom. The van der Waals surface area contributed by atoms with Gasteiger partial charge < -0.3 is 19.3 Å². The molecule has 6 nitrogen and oxygen atoms in total. The number of hydrogen-bond donors (Lipinski definition) is 0. The van der Waals surface area contributed by atoms with E-state index in [0.29, 0.717) is 17.0 Å². The van der Waals surface area contributed by atoms with E-state index in [9.17, 15) is 9.59 Å². The first-order valence-electron chi connectivity index (χ1n) is 10.2. The number of carbonyl (C=O) groups excluding carboxylic acids is 2. The standard InChI is InChI=1S/C23H26N2O4S/c1-24(2)23(27)20-14-25(18-10-4-5-11-19(18)29-20)22(26)17-9-3-6-12-21(17)30-15-16-8-7-13-28-16/h3-6,9-12,16,20H,7-8,13-15H2,1-2H3/t16-,20-/m0/s1. The summed E-state index contributed by atoms with van der Waals surface area (Å²) in [5, 5.41) is 0. The van der Waals surface area contributed by atoms with Crippen LogP contribution in [0.3, 0.4) is 0 Å². The number of fused-ring (bicyclic) bond motifs is 1. The number of hydrogen-bond acceptors (Lipinski definition) is 5. The van der Waals surface area contributed by atoms with Crippen molar-refractivity contribution >= 4 is 29.3 Å². The molecule has 1 fully saturated rings. The highest BCUT2D eigenvalue weighted by Crippen LogP contribution is 2.36. The number of anilines is 1. The van der Waals surface area contributed by atoms with Crippen molar-refractivity contribution in [3.8, 4) is 5.75 Å². The Bertz CT molecular complexity index is 927. The summed E-state index contributed by atoms with van der Waals surface area (Å²) in [7, 11) is 3.38. The number of rotatable bonds is 5. The van der Waals surface area contributed by atoms with Crippen LogP contribution < -0.4 is 9.64 Å². The maximum absolute atomic E-state index is 13.6. The lowest BCUT2D eigenvalue weighted by Gasteiger charge is -2.35. The molecular weight excluding hydrogens is 400 g/mol. The van der Waals surface area contributed by atoms with Crippen molar-refractivity contribution in [3.63, 3.8) is 0 Å². The molecule has 0 unspecified atom stereocenters. The number of likely N-dealkylation sites (N-methyl/N-ethyl adjacent to an activating group) is 1. The molecule has 0 saturated carbocycles. The molecule has 4 rings (SSSR count). The molecule has 0 N–H and O–H groups in total. The van der Waals surface area contributed by atoms with Gasteiger partial charge in [0.1, 0.15) is 5.75 Å². The van der Waals surface area contributed by atoms with Crippen LogP contribution in [0.4, 0.5) is 5.69 Å². The van der Waals surface area contributed by atoms with Gasteiger partial charge in [0.15, 0.2) is 6.10 Å². The fourth-order valence-electron chi connectivity index (χ4n) is 3.72. The molecular formula is C23H26N2O4S. The zero-order valence-electron chi connectivity index (χ0n) is 17.2. The zero-order valence-corrected chi connectivity index (χ0v) is 18.1. The lowest BCUT2D eigenvalue weighted by molar-refractivity contribution is -0.135. The van der Waals surface area contributed by atoms with Crippen LogP contribution in [-0.2, 0) is 9.53 Å². The van der Waals surface area contributed by atoms with Crippen LogP contribution in [0, 0.1) is 0 Å². The minimum atomic E-state index is -0.731. The first-order valence-corrected chi connectivity index (χ1v) is 11.2. The van der Waals surface area contributed by atoms with Crippen molar-refractivity contribution in [1.29, 1.82) is 0 Å². The second kappa shape index (κ2) is 9.10. The van der Waals surface area contributed by atoms with Gasteiger partial charge in [0, 0.05) is 31.4 Å². The lowest BCUT2D eigenvalue weighted by Crippen LogP contribution is -2.50. The number of amides is 2. The minimum absolute atomic E-state index is 0.127. The van der Waals surface area contributed by atoms with Crippen molar-refractivity contribution in [2.75, 3.05) is 37.9 Å². The second-order valence-corrected chi connectivity index (χ2v) is 8.73. The third-order valence-electron chi connectivity index (χ3n) is 5.30. The quantitative estimate of drug-likeness (QED) is 0.686. The first-order chi connectivity index (χ1) is 14.5. The van der Waals surface area contributed by atoms with Gasteiger partial charge in [0.2, 0.25) is 0 Å². The Balaban J connectivity index is 1.61. The van der Waals surface area contributed by atoms with E-state index in [1.165, 1.54) is 4.90 Å². The summed E-state index contributed by atoms with van der Waals surface area (Å²) in [6.45, 7) is 0.995. The Kier molecular flexibility index (Phi) is 6.29. The Morgan fingerprint density at radius 3 is 2.67 bits per heavy atom. The Morgan fingerprint density at radius 1 is 1.13 bits per heavy atom. The molecule has 2 aliphatic rings. The van der Waals surface area contributed by atoms with Crippen molar-refractivity contribution in [2.24, 2.45) is 0 Å². The van der Waals surface area contributed by atoms with Crippen molar-refractivity contribution in [3.05, 3.63) is 54.1 Å². The molecule has 7 heteroatoms. The lowest BCUT2D eigenvalue weighted by atomic mass is 10.1. The van der Waals surface area contributed by atoms with Crippen LogP contribution >= 0.6 is 11.8 Å². The topological polar surface area (TPSA) is 59.1 Å². The number of nitrogens with zero attached hydrogens (tertiary/aromatic N) is 2. The molecule has 0 aliphatic carbocycles. The summed E-state index contributed by atoms with van der Waals surface area (Å²) in [6.07, 6.45) is 1.67. The average Bonchev–Trinajstić information content (AvgIpc) is 3.29. The average molecular weight is 427 g/mol. The van der Waals surface area contributed by atoms with E-state index in [1.807, 2.05) is 42.5 Å². The molecule has 1 saturated heterocycles. The predicted octanol–water partition coefficient (Wildman–Crippen LogP) is 3.45. The van der Waals surface area contributed by atoms with E-state index in [2.05, 4.69) is 0 Å². The van der Waals surface area contributed by atoms with E-state index in [1.54, 1.807) is 36.8 Å². The van der Waals surface area contributed by atoms with E-state index >= 15 is 0 Å². The highest BCUT2D eigenvalue weighted by molar-refractivity contribution is 7.99. The highest BCUT2D eigenvalue weighted by Gasteiger charge is 2.35. The summed E-state index contributed by atoms with van der Waals surface area (Å²) in [6, 6.07) is 15.0. The molecule has 0 bridgehead atoms. The molecule has 2 aliphatic heterocycles. The van der Waals surface area contributed by atoms with Gasteiger partial charge >= 0.3 is 0 Å². The van der Waals surface area contributed by atoms with Gasteiger partial charge in [0.05, 0.1) is 23.9 Å². The van der Waals surface area contributed by atoms with Gasteiger partial charge in [-0.25, -0.2) is 0 Å². The predicted molar refractivity (Wildman–Crippen MR) is 117 cm³/mol. The minimum Gasteiger partial charge on any atom is -0.476 e. The van der Waals surface area contributed by atoms with E-state index in [4.69, 9.17) is 9.47 Å². The van der Waals surface area contributed by atoms with Gasteiger partial charge in [-0.1, -0.05) is 24.3 Å². The smallest absolute Gasteiger partial charge is 0.265 e. The van der Waals surface area contributed by atoms with Gasteiger partial charge in [-0.2, -0.15) is 0 Å². The first kappa shape index (κ1) is 20.8. The summed E-state index contributed by atoms with van der Waals surface area (Å²) in [5.41, 5.74) is 1.32. The molecule has 2 atom stereocenters. The van der Waals surface area contributed by atoms with Crippen LogP contribution in [0.1, 0.15) is 23.2 Å². The highest BCUT2D eigenvalue weighted by atomic mass is 32.2. The molecule has 0 spiro atoms. The summed E-state index contributed by atoms with van der Waals surface area (Å²) in [5.74, 6) is 1.08. The van der Waals surface area contributed by atoms with Crippen LogP contribution in [0.15, 0.2) is 53.4 Å². The van der Waals surface area contributed by atoms with Gasteiger partial charge in [-0.05, 0) is 37.1 Å². The number of thioether (sulfide) groups is 1. The van der Waals surface area contributed by atoms with Crippen molar-refractivity contribution in [1.82, 2.24) is 4.90 Å².